The molecule has 0 saturated heterocycles. The molecule has 0 spiro atoms. The first-order valence-corrected chi connectivity index (χ1v) is 6.52. The van der Waals surface area contributed by atoms with Crippen LogP contribution in [0.1, 0.15) is 0 Å². The van der Waals surface area contributed by atoms with E-state index in [-0.39, 0.29) is 19.1 Å². The quantitative estimate of drug-likeness (QED) is 0.308. The molecule has 0 bridgehead atoms. The van der Waals surface area contributed by atoms with Gasteiger partial charge in [-0.2, -0.15) is 0 Å². The van der Waals surface area contributed by atoms with Gasteiger partial charge in [0.15, 0.2) is 0 Å². The third-order valence-corrected chi connectivity index (χ3v) is 2.36. The molecule has 0 atom stereocenters. The Balaban J connectivity index is 3.45. The molecule has 3 N–H and O–H groups in total. The van der Waals surface area contributed by atoms with Gasteiger partial charge in [0.25, 0.3) is 0 Å². The van der Waals surface area contributed by atoms with E-state index in [1.807, 2.05) is 5.32 Å². The van der Waals surface area contributed by atoms with E-state index in [1.54, 1.807) is 0 Å². The number of nitrogens with one attached hydrogen (secondary N) is 2. The van der Waals surface area contributed by atoms with E-state index >= 15 is 0 Å². The Hall–Kier alpha value is -1.06. The van der Waals surface area contributed by atoms with Crippen LogP contribution in [0.5, 0.6) is 0 Å². The summed E-state index contributed by atoms with van der Waals surface area (Å²) in [5, 5.41) is 12.2. The number of carbonyl (C=O) groups is 2. The molecule has 10 heteroatoms. The van der Waals surface area contributed by atoms with Crippen molar-refractivity contribution in [2.75, 3.05) is 25.6 Å². The Morgan fingerprint density at radius 3 is 2.44 bits per heavy atom. The molecule has 0 fully saturated rings. The van der Waals surface area contributed by atoms with Crippen LogP contribution < -0.4 is 10.6 Å². The van der Waals surface area contributed by atoms with E-state index in [4.69, 9.17) is 20.5 Å². The van der Waals surface area contributed by atoms with Crippen LogP contribution in [0.3, 0.4) is 0 Å². The van der Waals surface area contributed by atoms with Crippen molar-refractivity contribution >= 4 is 31.7 Å². The molecule has 0 saturated carbocycles. The summed E-state index contributed by atoms with van der Waals surface area (Å²) in [5.41, 5.74) is 0. The summed E-state index contributed by atoms with van der Waals surface area (Å²) in [6.45, 7) is -0.766. The summed E-state index contributed by atoms with van der Waals surface area (Å²) in [7, 11) is 1.29. The fourth-order valence-electron chi connectivity index (χ4n) is 0.581. The maximum absolute atomic E-state index is 10.8. The number of ether oxygens (including phenoxy) is 1. The Labute approximate surface area is 96.3 Å². The van der Waals surface area contributed by atoms with Gasteiger partial charge < -0.3 is 20.5 Å². The summed E-state index contributed by atoms with van der Waals surface area (Å²) in [5.74, 6) is -0.950. The van der Waals surface area contributed by atoms with E-state index in [2.05, 4.69) is 5.32 Å². The van der Waals surface area contributed by atoms with Crippen molar-refractivity contribution < 1.29 is 27.9 Å². The summed E-state index contributed by atoms with van der Waals surface area (Å²) >= 11 is 0. The minimum atomic E-state index is -3.60. The van der Waals surface area contributed by atoms with Crippen molar-refractivity contribution in [3.63, 3.8) is 0 Å². The van der Waals surface area contributed by atoms with E-state index in [1.165, 1.54) is 0 Å². The van der Waals surface area contributed by atoms with Gasteiger partial charge in [0.2, 0.25) is 15.0 Å². The number of hydrogen-bond acceptors (Lipinski definition) is 5. The fourth-order valence-corrected chi connectivity index (χ4v) is 1.09. The normalized spacial score (nSPS) is 10.8. The van der Waals surface area contributed by atoms with Crippen LogP contribution in [0.25, 0.3) is 0 Å². The van der Waals surface area contributed by atoms with Gasteiger partial charge in [0.05, 0.1) is 12.4 Å². The zero-order valence-corrected chi connectivity index (χ0v) is 9.68. The van der Waals surface area contributed by atoms with Crippen LogP contribution >= 0.6 is 10.7 Å². The smallest absolute Gasteiger partial charge is 0.405 e. The van der Waals surface area contributed by atoms with Gasteiger partial charge >= 0.3 is 6.09 Å². The largest absolute Gasteiger partial charge is 0.465 e. The molecule has 0 heterocycles. The number of carboxylic acid groups (broad SMARTS) is 1. The Kier molecular flexibility index (Phi) is 6.77. The molecule has 0 aliphatic carbocycles. The van der Waals surface area contributed by atoms with Crippen molar-refractivity contribution in [1.29, 1.82) is 0 Å². The van der Waals surface area contributed by atoms with Crippen molar-refractivity contribution in [3.05, 3.63) is 0 Å². The second-order valence-electron chi connectivity index (χ2n) is 2.55. The highest BCUT2D eigenvalue weighted by Gasteiger charge is 2.05. The Morgan fingerprint density at radius 2 is 1.94 bits per heavy atom. The molecule has 0 aromatic heterocycles. The van der Waals surface area contributed by atoms with Gasteiger partial charge in [0.1, 0.15) is 13.3 Å². The zero-order chi connectivity index (χ0) is 12.6. The van der Waals surface area contributed by atoms with E-state index in [0.29, 0.717) is 0 Å². The van der Waals surface area contributed by atoms with Crippen LogP contribution in [0, 0.1) is 0 Å². The van der Waals surface area contributed by atoms with Crippen LogP contribution in [-0.4, -0.2) is 51.2 Å². The van der Waals surface area contributed by atoms with Crippen molar-refractivity contribution in [1.82, 2.24) is 10.6 Å². The minimum Gasteiger partial charge on any atom is -0.465 e. The molecule has 0 aromatic rings. The first kappa shape index (κ1) is 14.9. The maximum Gasteiger partial charge on any atom is 0.405 e. The van der Waals surface area contributed by atoms with Gasteiger partial charge in [0, 0.05) is 10.7 Å². The number of carbonyl (C=O) groups excluding carboxylic acids is 1. The molecule has 16 heavy (non-hydrogen) atoms. The lowest BCUT2D eigenvalue weighted by atomic mass is 10.6. The van der Waals surface area contributed by atoms with Crippen molar-refractivity contribution in [3.8, 4) is 0 Å². The highest BCUT2D eigenvalue weighted by molar-refractivity contribution is 8.13. The summed E-state index contributed by atoms with van der Waals surface area (Å²) in [4.78, 5) is 20.8. The van der Waals surface area contributed by atoms with Crippen LogP contribution in [0.2, 0.25) is 0 Å². The predicted octanol–water partition coefficient (Wildman–Crippen LogP) is -1.09. The molecule has 0 aromatic carbocycles. The van der Waals surface area contributed by atoms with Gasteiger partial charge in [-0.1, -0.05) is 0 Å². The van der Waals surface area contributed by atoms with Gasteiger partial charge in [-0.05, 0) is 0 Å². The molecule has 8 nitrogen and oxygen atoms in total. The molecule has 2 amide bonds. The van der Waals surface area contributed by atoms with E-state index in [0.717, 1.165) is 0 Å². The second kappa shape index (κ2) is 7.25. The molecule has 0 radical (unpaired) electrons. The molecular formula is C6H11ClN2O6S. The molecule has 0 rings (SSSR count). The predicted molar refractivity (Wildman–Crippen MR) is 54.6 cm³/mol. The second-order valence-corrected chi connectivity index (χ2v) is 5.45. The Morgan fingerprint density at radius 1 is 1.31 bits per heavy atom. The third kappa shape index (κ3) is 11.0. The average Bonchev–Trinajstić information content (AvgIpc) is 2.12. The third-order valence-electron chi connectivity index (χ3n) is 1.24. The minimum absolute atomic E-state index is 0.154. The molecule has 0 aliphatic heterocycles. The summed E-state index contributed by atoms with van der Waals surface area (Å²) in [6, 6.07) is 0. The van der Waals surface area contributed by atoms with Crippen LogP contribution in [0.15, 0.2) is 0 Å². The van der Waals surface area contributed by atoms with Crippen molar-refractivity contribution in [2.45, 2.75) is 0 Å². The SMILES string of the molecule is O=C(O)NCC(=O)NCOCCS(=O)(=O)Cl. The van der Waals surface area contributed by atoms with Gasteiger partial charge in [-0.25, -0.2) is 13.2 Å². The molecular weight excluding hydrogens is 264 g/mol. The number of amides is 2. The molecule has 94 valence electrons. The molecule has 0 unspecified atom stereocenters. The lowest BCUT2D eigenvalue weighted by molar-refractivity contribution is -0.121. The molecule has 0 aliphatic rings. The first-order chi connectivity index (χ1) is 7.31. The average molecular weight is 275 g/mol. The topological polar surface area (TPSA) is 122 Å². The number of halogens is 1. The van der Waals surface area contributed by atoms with E-state index < -0.39 is 27.6 Å². The van der Waals surface area contributed by atoms with Crippen LogP contribution in [0.4, 0.5) is 4.79 Å². The Bertz CT molecular complexity index is 343. The monoisotopic (exact) mass is 274 g/mol. The van der Waals surface area contributed by atoms with Crippen molar-refractivity contribution in [2.24, 2.45) is 0 Å². The van der Waals surface area contributed by atoms with Crippen LogP contribution in [-0.2, 0) is 18.6 Å². The highest BCUT2D eigenvalue weighted by atomic mass is 35.7. The maximum atomic E-state index is 10.8. The summed E-state index contributed by atoms with van der Waals surface area (Å²) in [6.07, 6.45) is -1.32. The highest BCUT2D eigenvalue weighted by Crippen LogP contribution is 1.94. The number of hydrogen-bond donors (Lipinski definition) is 3. The lowest BCUT2D eigenvalue weighted by Gasteiger charge is -2.05. The standard InChI is InChI=1S/C6H11ClN2O6S/c7-16(13,14)2-1-15-4-9-5(10)3-8-6(11)12/h8H,1-4H2,(H,9,10)(H,11,12). The lowest BCUT2D eigenvalue weighted by Crippen LogP contribution is -2.37. The zero-order valence-electron chi connectivity index (χ0n) is 8.10. The first-order valence-electron chi connectivity index (χ1n) is 4.05. The van der Waals surface area contributed by atoms with E-state index in [9.17, 15) is 18.0 Å². The summed E-state index contributed by atoms with van der Waals surface area (Å²) < 4.78 is 25.6. The van der Waals surface area contributed by atoms with Gasteiger partial charge in [-0.3, -0.25) is 4.79 Å². The number of rotatable bonds is 7. The van der Waals surface area contributed by atoms with Gasteiger partial charge in [-0.15, -0.1) is 0 Å². The fraction of sp³-hybridized carbons (Fsp3) is 0.667.